The van der Waals surface area contributed by atoms with Gasteiger partial charge in [-0.1, -0.05) is 23.4 Å². The van der Waals surface area contributed by atoms with E-state index in [0.717, 1.165) is 22.6 Å². The molecule has 4 rings (SSSR count). The molecule has 1 amide bonds. The molecular formula is C20H19ClN6OS. The van der Waals surface area contributed by atoms with Crippen LogP contribution in [0.2, 0.25) is 5.02 Å². The summed E-state index contributed by atoms with van der Waals surface area (Å²) < 4.78 is 3.60. The van der Waals surface area contributed by atoms with E-state index in [1.807, 2.05) is 55.3 Å². The maximum absolute atomic E-state index is 12.9. The Kier molecular flexibility index (Phi) is 5.29. The highest BCUT2D eigenvalue weighted by atomic mass is 35.5. The first kappa shape index (κ1) is 19.5. The van der Waals surface area contributed by atoms with Crippen LogP contribution < -0.4 is 5.32 Å². The van der Waals surface area contributed by atoms with Gasteiger partial charge in [-0.05, 0) is 50.4 Å². The summed E-state index contributed by atoms with van der Waals surface area (Å²) in [6.07, 6.45) is 5.91. The average molecular weight is 427 g/mol. The Morgan fingerprint density at radius 1 is 1.21 bits per heavy atom. The first-order valence-electron chi connectivity index (χ1n) is 8.96. The molecule has 9 heteroatoms. The van der Waals surface area contributed by atoms with Gasteiger partial charge in [0.2, 0.25) is 11.1 Å². The van der Waals surface area contributed by atoms with Crippen LogP contribution in [0.1, 0.15) is 17.0 Å². The molecule has 0 aliphatic heterocycles. The third-order valence-electron chi connectivity index (χ3n) is 4.67. The lowest BCUT2D eigenvalue weighted by Crippen LogP contribution is -2.18. The van der Waals surface area contributed by atoms with E-state index >= 15 is 0 Å². The minimum absolute atomic E-state index is 0.140. The molecule has 29 heavy (non-hydrogen) atoms. The molecule has 0 bridgehead atoms. The van der Waals surface area contributed by atoms with Gasteiger partial charge in [0.1, 0.15) is 0 Å². The Balaban J connectivity index is 1.63. The fourth-order valence-corrected chi connectivity index (χ4v) is 3.71. The molecule has 0 saturated carbocycles. The molecule has 0 spiro atoms. The average Bonchev–Trinajstić information content (AvgIpc) is 3.36. The van der Waals surface area contributed by atoms with E-state index in [-0.39, 0.29) is 12.3 Å². The van der Waals surface area contributed by atoms with Crippen LogP contribution >= 0.6 is 23.4 Å². The summed E-state index contributed by atoms with van der Waals surface area (Å²) in [4.78, 5) is 21.7. The van der Waals surface area contributed by atoms with E-state index in [4.69, 9.17) is 11.6 Å². The molecule has 0 aliphatic rings. The zero-order valence-electron chi connectivity index (χ0n) is 16.2. The van der Waals surface area contributed by atoms with E-state index in [2.05, 4.69) is 20.4 Å². The standard InChI is InChI=1S/C20H19ClN6OS/c1-12-15(13(2)27-19(22-12)24-20(25-27)29-3)11-18(28)23-16-7-6-14(21)10-17(16)26-8-4-5-9-26/h4-10H,11H2,1-3H3,(H,23,28). The van der Waals surface area contributed by atoms with Crippen molar-refractivity contribution >= 4 is 40.7 Å². The minimum atomic E-state index is -0.140. The van der Waals surface area contributed by atoms with Gasteiger partial charge >= 0.3 is 0 Å². The Labute approximate surface area is 177 Å². The lowest BCUT2D eigenvalue weighted by Gasteiger charge is -2.14. The molecule has 0 radical (unpaired) electrons. The van der Waals surface area contributed by atoms with Crippen molar-refractivity contribution in [1.29, 1.82) is 0 Å². The quantitative estimate of drug-likeness (QED) is 0.486. The van der Waals surface area contributed by atoms with Crippen LogP contribution in [-0.4, -0.2) is 36.3 Å². The molecule has 0 saturated heterocycles. The van der Waals surface area contributed by atoms with Gasteiger partial charge in [-0.15, -0.1) is 5.10 Å². The highest BCUT2D eigenvalue weighted by molar-refractivity contribution is 7.98. The fraction of sp³-hybridized carbons (Fsp3) is 0.200. The van der Waals surface area contributed by atoms with Gasteiger partial charge in [0.15, 0.2) is 0 Å². The molecule has 0 atom stereocenters. The third-order valence-corrected chi connectivity index (χ3v) is 5.44. The number of aromatic nitrogens is 5. The number of nitrogens with one attached hydrogen (secondary N) is 1. The molecule has 7 nitrogen and oxygen atoms in total. The van der Waals surface area contributed by atoms with Crippen molar-refractivity contribution in [2.75, 3.05) is 11.6 Å². The SMILES string of the molecule is CSc1nc2nc(C)c(CC(=O)Nc3ccc(Cl)cc3-n3cccc3)c(C)n2n1. The van der Waals surface area contributed by atoms with E-state index in [1.54, 1.807) is 16.6 Å². The molecule has 3 aromatic heterocycles. The normalized spacial score (nSPS) is 11.2. The number of anilines is 1. The van der Waals surface area contributed by atoms with Gasteiger partial charge in [0.05, 0.1) is 17.8 Å². The van der Waals surface area contributed by atoms with Crippen molar-refractivity contribution in [2.24, 2.45) is 0 Å². The molecule has 4 aromatic rings. The summed E-state index contributed by atoms with van der Waals surface area (Å²) in [5.41, 5.74) is 3.96. The number of carbonyl (C=O) groups is 1. The zero-order valence-corrected chi connectivity index (χ0v) is 17.8. The first-order valence-corrected chi connectivity index (χ1v) is 10.6. The van der Waals surface area contributed by atoms with Gasteiger partial charge in [-0.3, -0.25) is 4.79 Å². The Bertz CT molecular complexity index is 1200. The van der Waals surface area contributed by atoms with Crippen LogP contribution in [0.5, 0.6) is 0 Å². The van der Waals surface area contributed by atoms with Gasteiger partial charge in [-0.25, -0.2) is 9.50 Å². The lowest BCUT2D eigenvalue weighted by atomic mass is 10.1. The molecule has 1 aromatic carbocycles. The maximum Gasteiger partial charge on any atom is 0.253 e. The highest BCUT2D eigenvalue weighted by Gasteiger charge is 2.17. The van der Waals surface area contributed by atoms with Gasteiger partial charge in [-0.2, -0.15) is 4.98 Å². The van der Waals surface area contributed by atoms with Crippen LogP contribution in [0.4, 0.5) is 5.69 Å². The largest absolute Gasteiger partial charge is 0.324 e. The summed E-state index contributed by atoms with van der Waals surface area (Å²) in [6.45, 7) is 3.81. The zero-order chi connectivity index (χ0) is 20.5. The van der Waals surface area contributed by atoms with Gasteiger partial charge in [0, 0.05) is 34.4 Å². The molecule has 3 heterocycles. The summed E-state index contributed by atoms with van der Waals surface area (Å²) >= 11 is 7.62. The van der Waals surface area contributed by atoms with Gasteiger partial charge in [0.25, 0.3) is 5.78 Å². The van der Waals surface area contributed by atoms with Crippen molar-refractivity contribution < 1.29 is 4.79 Å². The number of carbonyl (C=O) groups excluding carboxylic acids is 1. The second-order valence-electron chi connectivity index (χ2n) is 6.55. The summed E-state index contributed by atoms with van der Waals surface area (Å²) in [5.74, 6) is 0.402. The molecular weight excluding hydrogens is 408 g/mol. The predicted molar refractivity (Wildman–Crippen MR) is 115 cm³/mol. The molecule has 0 fully saturated rings. The minimum Gasteiger partial charge on any atom is -0.324 e. The van der Waals surface area contributed by atoms with E-state index in [0.29, 0.717) is 21.6 Å². The number of amides is 1. The van der Waals surface area contributed by atoms with Crippen LogP contribution in [0.15, 0.2) is 47.9 Å². The molecule has 148 valence electrons. The number of thioether (sulfide) groups is 1. The van der Waals surface area contributed by atoms with Crippen molar-refractivity contribution in [3.63, 3.8) is 0 Å². The fourth-order valence-electron chi connectivity index (χ4n) is 3.21. The second-order valence-corrected chi connectivity index (χ2v) is 7.76. The summed E-state index contributed by atoms with van der Waals surface area (Å²) in [6, 6.07) is 9.22. The third kappa shape index (κ3) is 3.86. The number of aryl methyl sites for hydroxylation is 2. The van der Waals surface area contributed by atoms with Crippen LogP contribution in [0.25, 0.3) is 11.5 Å². The number of rotatable bonds is 5. The number of nitrogens with zero attached hydrogens (tertiary/aromatic N) is 5. The molecule has 0 aliphatic carbocycles. The number of halogens is 1. The summed E-state index contributed by atoms with van der Waals surface area (Å²) in [5, 5.41) is 8.69. The van der Waals surface area contributed by atoms with Crippen LogP contribution in [-0.2, 0) is 11.2 Å². The number of hydrogen-bond donors (Lipinski definition) is 1. The van der Waals surface area contributed by atoms with Crippen molar-refractivity contribution in [3.05, 3.63) is 64.7 Å². The van der Waals surface area contributed by atoms with Crippen molar-refractivity contribution in [1.82, 2.24) is 24.1 Å². The van der Waals surface area contributed by atoms with Crippen LogP contribution in [0, 0.1) is 13.8 Å². The number of fused-ring (bicyclic) bond motifs is 1. The van der Waals surface area contributed by atoms with E-state index in [9.17, 15) is 4.79 Å². The second kappa shape index (κ2) is 7.88. The van der Waals surface area contributed by atoms with E-state index in [1.165, 1.54) is 11.8 Å². The molecule has 0 unspecified atom stereocenters. The Hall–Kier alpha value is -2.84. The van der Waals surface area contributed by atoms with E-state index < -0.39 is 0 Å². The summed E-state index contributed by atoms with van der Waals surface area (Å²) in [7, 11) is 0. The number of benzene rings is 1. The Morgan fingerprint density at radius 2 is 1.97 bits per heavy atom. The van der Waals surface area contributed by atoms with Crippen molar-refractivity contribution in [2.45, 2.75) is 25.4 Å². The predicted octanol–water partition coefficient (Wildman–Crippen LogP) is 4.09. The molecule has 1 N–H and O–H groups in total. The smallest absolute Gasteiger partial charge is 0.253 e. The van der Waals surface area contributed by atoms with Gasteiger partial charge < -0.3 is 9.88 Å². The number of hydrogen-bond acceptors (Lipinski definition) is 5. The topological polar surface area (TPSA) is 77.1 Å². The van der Waals surface area contributed by atoms with Crippen LogP contribution in [0.3, 0.4) is 0 Å². The Morgan fingerprint density at radius 3 is 2.69 bits per heavy atom. The highest BCUT2D eigenvalue weighted by Crippen LogP contribution is 2.25. The maximum atomic E-state index is 12.9. The monoisotopic (exact) mass is 426 g/mol. The first-order chi connectivity index (χ1) is 14.0. The lowest BCUT2D eigenvalue weighted by molar-refractivity contribution is -0.115. The van der Waals surface area contributed by atoms with Crippen molar-refractivity contribution in [3.8, 4) is 5.69 Å².